The van der Waals surface area contributed by atoms with Crippen LogP contribution < -0.4 is 10.0 Å². The highest BCUT2D eigenvalue weighted by molar-refractivity contribution is 7.92. The molecule has 0 saturated heterocycles. The summed E-state index contributed by atoms with van der Waals surface area (Å²) in [6.07, 6.45) is 0.483. The molecule has 0 aliphatic rings. The van der Waals surface area contributed by atoms with Crippen molar-refractivity contribution in [3.05, 3.63) is 29.8 Å². The molecule has 0 amide bonds. The Morgan fingerprint density at radius 2 is 2.00 bits per heavy atom. The Bertz CT molecular complexity index is 503. The molecule has 1 atom stereocenters. The van der Waals surface area contributed by atoms with Gasteiger partial charge in [0.25, 0.3) is 0 Å². The Balaban J connectivity index is 2.81. The lowest BCUT2D eigenvalue weighted by atomic mass is 10.1. The van der Waals surface area contributed by atoms with Gasteiger partial charge in [0.15, 0.2) is 0 Å². The average Bonchev–Trinajstić information content (AvgIpc) is 2.39. The topological polar surface area (TPSA) is 67.4 Å². The molecule has 1 aromatic rings. The molecule has 5 nitrogen and oxygen atoms in total. The van der Waals surface area contributed by atoms with Crippen molar-refractivity contribution in [2.45, 2.75) is 26.3 Å². The Labute approximate surface area is 121 Å². The largest absolute Gasteiger partial charge is 0.385 e. The van der Waals surface area contributed by atoms with Crippen molar-refractivity contribution >= 4 is 15.7 Å². The van der Waals surface area contributed by atoms with Gasteiger partial charge in [0.1, 0.15) is 0 Å². The monoisotopic (exact) mass is 300 g/mol. The number of ether oxygens (including phenoxy) is 1. The van der Waals surface area contributed by atoms with Crippen LogP contribution in [0.5, 0.6) is 0 Å². The smallest absolute Gasteiger partial charge is 0.232 e. The van der Waals surface area contributed by atoms with Crippen LogP contribution >= 0.6 is 0 Å². The Kier molecular flexibility index (Phi) is 6.98. The zero-order valence-electron chi connectivity index (χ0n) is 12.3. The highest BCUT2D eigenvalue weighted by Gasteiger charge is 2.15. The van der Waals surface area contributed by atoms with Crippen LogP contribution in [-0.4, -0.2) is 34.4 Å². The molecule has 0 aliphatic carbocycles. The Morgan fingerprint density at radius 3 is 2.65 bits per heavy atom. The quantitative estimate of drug-likeness (QED) is 0.686. The first-order valence-electron chi connectivity index (χ1n) is 6.82. The van der Waals surface area contributed by atoms with Crippen LogP contribution in [0, 0.1) is 0 Å². The van der Waals surface area contributed by atoms with Crippen molar-refractivity contribution in [1.29, 1.82) is 0 Å². The van der Waals surface area contributed by atoms with Crippen molar-refractivity contribution in [2.24, 2.45) is 0 Å². The summed E-state index contributed by atoms with van der Waals surface area (Å²) in [6, 6.07) is 7.55. The van der Waals surface area contributed by atoms with Gasteiger partial charge < -0.3 is 10.1 Å². The third-order valence-electron chi connectivity index (χ3n) is 2.96. The summed E-state index contributed by atoms with van der Waals surface area (Å²) in [6.45, 7) is 5.31. The number of sulfonamides is 1. The number of anilines is 1. The zero-order valence-corrected chi connectivity index (χ0v) is 13.2. The fourth-order valence-corrected chi connectivity index (χ4v) is 3.12. The first-order chi connectivity index (χ1) is 9.50. The summed E-state index contributed by atoms with van der Waals surface area (Å²) in [7, 11) is -1.77. The summed E-state index contributed by atoms with van der Waals surface area (Å²) in [4.78, 5) is 0. The maximum absolute atomic E-state index is 12.0. The molecule has 0 saturated carbocycles. The lowest BCUT2D eigenvalue weighted by Gasteiger charge is -2.18. The van der Waals surface area contributed by atoms with Crippen LogP contribution in [-0.2, 0) is 14.8 Å². The Morgan fingerprint density at radius 1 is 1.30 bits per heavy atom. The first kappa shape index (κ1) is 16.9. The van der Waals surface area contributed by atoms with E-state index in [0.717, 1.165) is 12.1 Å². The van der Waals surface area contributed by atoms with Crippen molar-refractivity contribution in [2.75, 3.05) is 30.7 Å². The number of para-hydroxylation sites is 1. The minimum Gasteiger partial charge on any atom is -0.385 e. The second kappa shape index (κ2) is 8.24. The molecule has 1 aromatic carbocycles. The van der Waals surface area contributed by atoms with Gasteiger partial charge in [-0.25, -0.2) is 8.42 Å². The van der Waals surface area contributed by atoms with Gasteiger partial charge in [0.05, 0.1) is 11.4 Å². The Hall–Kier alpha value is -1.11. The number of hydrogen-bond donors (Lipinski definition) is 2. The first-order valence-corrected chi connectivity index (χ1v) is 8.47. The standard InChI is InChI=1S/C14H24N2O3S/c1-4-15-12(2)13-8-5-6-9-14(13)16-20(17,18)11-7-10-19-3/h5-6,8-9,12,15-16H,4,7,10-11H2,1-3H3. The molecule has 0 aromatic heterocycles. The van der Waals surface area contributed by atoms with Crippen LogP contribution in [0.15, 0.2) is 24.3 Å². The molecule has 2 N–H and O–H groups in total. The molecular formula is C14H24N2O3S. The molecule has 0 fully saturated rings. The maximum atomic E-state index is 12.0. The van der Waals surface area contributed by atoms with E-state index in [1.165, 1.54) is 0 Å². The van der Waals surface area contributed by atoms with E-state index >= 15 is 0 Å². The van der Waals surface area contributed by atoms with Crippen LogP contribution in [0.4, 0.5) is 5.69 Å². The van der Waals surface area contributed by atoms with E-state index in [1.54, 1.807) is 13.2 Å². The van der Waals surface area contributed by atoms with E-state index in [9.17, 15) is 8.42 Å². The van der Waals surface area contributed by atoms with Crippen LogP contribution in [0.2, 0.25) is 0 Å². The lowest BCUT2D eigenvalue weighted by molar-refractivity contribution is 0.199. The van der Waals surface area contributed by atoms with Gasteiger partial charge in [-0.05, 0) is 31.5 Å². The van der Waals surface area contributed by atoms with E-state index in [2.05, 4.69) is 10.0 Å². The molecular weight excluding hydrogens is 276 g/mol. The van der Waals surface area contributed by atoms with Crippen molar-refractivity contribution in [3.8, 4) is 0 Å². The van der Waals surface area contributed by atoms with Crippen molar-refractivity contribution < 1.29 is 13.2 Å². The average molecular weight is 300 g/mol. The fourth-order valence-electron chi connectivity index (χ4n) is 2.00. The molecule has 0 bridgehead atoms. The summed E-state index contributed by atoms with van der Waals surface area (Å²) in [5.74, 6) is 0.0603. The van der Waals surface area contributed by atoms with Gasteiger partial charge in [-0.15, -0.1) is 0 Å². The van der Waals surface area contributed by atoms with Crippen LogP contribution in [0.25, 0.3) is 0 Å². The summed E-state index contributed by atoms with van der Waals surface area (Å²) < 4.78 is 31.6. The number of rotatable bonds is 9. The van der Waals surface area contributed by atoms with Gasteiger partial charge >= 0.3 is 0 Å². The molecule has 0 heterocycles. The van der Waals surface area contributed by atoms with Gasteiger partial charge in [0, 0.05) is 19.8 Å². The molecule has 6 heteroatoms. The SMILES string of the molecule is CCNC(C)c1ccccc1NS(=O)(=O)CCCOC. The number of nitrogens with one attached hydrogen (secondary N) is 2. The zero-order chi connectivity index (χ0) is 15.0. The minimum absolute atomic E-state index is 0.0603. The normalized spacial score (nSPS) is 13.2. The van der Waals surface area contributed by atoms with E-state index < -0.39 is 10.0 Å². The molecule has 1 unspecified atom stereocenters. The molecule has 0 radical (unpaired) electrons. The summed E-state index contributed by atoms with van der Waals surface area (Å²) in [5, 5.41) is 3.29. The van der Waals surface area contributed by atoms with Gasteiger partial charge in [-0.3, -0.25) is 4.72 Å². The van der Waals surface area contributed by atoms with E-state index in [1.807, 2.05) is 32.0 Å². The van der Waals surface area contributed by atoms with Crippen molar-refractivity contribution in [1.82, 2.24) is 5.32 Å². The van der Waals surface area contributed by atoms with Gasteiger partial charge in [-0.2, -0.15) is 0 Å². The second-order valence-electron chi connectivity index (χ2n) is 4.63. The van der Waals surface area contributed by atoms with Crippen LogP contribution in [0.1, 0.15) is 31.9 Å². The van der Waals surface area contributed by atoms with Gasteiger partial charge in [-0.1, -0.05) is 25.1 Å². The van der Waals surface area contributed by atoms with Gasteiger partial charge in [0.2, 0.25) is 10.0 Å². The third-order valence-corrected chi connectivity index (χ3v) is 4.32. The third kappa shape index (κ3) is 5.48. The van der Waals surface area contributed by atoms with Crippen molar-refractivity contribution in [3.63, 3.8) is 0 Å². The number of benzene rings is 1. The summed E-state index contributed by atoms with van der Waals surface area (Å²) in [5.41, 5.74) is 1.59. The molecule has 0 spiro atoms. The van der Waals surface area contributed by atoms with E-state index in [-0.39, 0.29) is 11.8 Å². The lowest BCUT2D eigenvalue weighted by Crippen LogP contribution is -2.22. The molecule has 20 heavy (non-hydrogen) atoms. The predicted octanol–water partition coefficient (Wildman–Crippen LogP) is 2.14. The van der Waals surface area contributed by atoms with Crippen LogP contribution in [0.3, 0.4) is 0 Å². The number of methoxy groups -OCH3 is 1. The van der Waals surface area contributed by atoms with E-state index in [0.29, 0.717) is 18.7 Å². The highest BCUT2D eigenvalue weighted by Crippen LogP contribution is 2.23. The molecule has 0 aliphatic heterocycles. The molecule has 114 valence electrons. The maximum Gasteiger partial charge on any atom is 0.232 e. The fraction of sp³-hybridized carbons (Fsp3) is 0.571. The summed E-state index contributed by atoms with van der Waals surface area (Å²) >= 11 is 0. The minimum atomic E-state index is -3.34. The molecule has 1 rings (SSSR count). The second-order valence-corrected chi connectivity index (χ2v) is 6.48. The number of hydrogen-bond acceptors (Lipinski definition) is 4. The highest BCUT2D eigenvalue weighted by atomic mass is 32.2. The predicted molar refractivity (Wildman–Crippen MR) is 82.4 cm³/mol. The van der Waals surface area contributed by atoms with E-state index in [4.69, 9.17) is 4.74 Å².